The van der Waals surface area contributed by atoms with E-state index in [1.807, 2.05) is 0 Å². The quantitative estimate of drug-likeness (QED) is 0.0679. The second kappa shape index (κ2) is 22.4. The van der Waals surface area contributed by atoms with Gasteiger partial charge in [-0.1, -0.05) is 114 Å². The molecule has 0 aliphatic carbocycles. The van der Waals surface area contributed by atoms with E-state index < -0.39 is 23.1 Å². The van der Waals surface area contributed by atoms with Gasteiger partial charge in [0.2, 0.25) is 0 Å². The van der Waals surface area contributed by atoms with Crippen LogP contribution in [-0.4, -0.2) is 51.8 Å². The third-order valence-corrected chi connectivity index (χ3v) is 9.60. The lowest BCUT2D eigenvalue weighted by Gasteiger charge is -2.30. The molecule has 0 aliphatic rings. The van der Waals surface area contributed by atoms with Crippen molar-refractivity contribution in [1.29, 1.82) is 0 Å². The maximum Gasteiger partial charge on any atom is 0.335 e. The molecule has 0 saturated carbocycles. The van der Waals surface area contributed by atoms with Crippen molar-refractivity contribution in [3.8, 4) is 0 Å². The molecule has 3 aromatic rings. The molecule has 0 aliphatic heterocycles. The Hall–Kier alpha value is -3.13. The van der Waals surface area contributed by atoms with Crippen LogP contribution >= 0.6 is 0 Å². The summed E-state index contributed by atoms with van der Waals surface area (Å²) in [5.41, 5.74) is 1.70. The number of unbranched alkanes of at least 4 members (excludes halogenated alkanes) is 13. The molecule has 0 saturated heterocycles. The van der Waals surface area contributed by atoms with E-state index in [0.717, 1.165) is 11.0 Å². The van der Waals surface area contributed by atoms with Gasteiger partial charge in [-0.25, -0.2) is 9.59 Å². The van der Waals surface area contributed by atoms with Crippen LogP contribution in [0.5, 0.6) is 0 Å². The average molecular weight is 651 g/mol. The predicted octanol–water partition coefficient (Wildman–Crippen LogP) is 9.99. The first-order valence-electron chi connectivity index (χ1n) is 17.1. The van der Waals surface area contributed by atoms with Crippen molar-refractivity contribution in [3.63, 3.8) is 0 Å². The fraction of sp³-hybridized carbons (Fsp3) is 0.487. The molecule has 0 spiro atoms. The molecule has 252 valence electrons. The SMILES string of the molecule is CCCCCCCCCCCCCCCC[N+](C)(C)Cc1ccccc1.O=C(O)c1ccc([S+]([O-])c2ccc(C(=O)O)cc2)cc1. The summed E-state index contributed by atoms with van der Waals surface area (Å²) < 4.78 is 13.3. The van der Waals surface area contributed by atoms with Crippen molar-refractivity contribution in [1.82, 2.24) is 0 Å². The van der Waals surface area contributed by atoms with Crippen LogP contribution in [0.1, 0.15) is 123 Å². The Bertz CT molecular complexity index is 1190. The highest BCUT2D eigenvalue weighted by atomic mass is 32.2. The minimum absolute atomic E-state index is 0.118. The van der Waals surface area contributed by atoms with Crippen LogP contribution in [0, 0.1) is 0 Å². The molecule has 6 nitrogen and oxygen atoms in total. The molecule has 7 heteroatoms. The largest absolute Gasteiger partial charge is 0.606 e. The zero-order valence-corrected chi connectivity index (χ0v) is 29.1. The highest BCUT2D eigenvalue weighted by Gasteiger charge is 2.17. The molecule has 0 amide bonds. The molecule has 0 aromatic heterocycles. The Morgan fingerprint density at radius 2 is 0.957 bits per heavy atom. The number of nitrogens with zero attached hydrogens (tertiary/aromatic N) is 1. The lowest BCUT2D eigenvalue weighted by Crippen LogP contribution is -2.39. The normalized spacial score (nSPS) is 11.2. The Balaban J connectivity index is 0.000000330. The van der Waals surface area contributed by atoms with Gasteiger partial charge >= 0.3 is 11.9 Å². The third-order valence-electron chi connectivity index (χ3n) is 8.20. The molecule has 3 aromatic carbocycles. The van der Waals surface area contributed by atoms with Gasteiger partial charge in [0.15, 0.2) is 9.79 Å². The number of carboxylic acid groups (broad SMARTS) is 2. The lowest BCUT2D eigenvalue weighted by atomic mass is 10.0. The lowest BCUT2D eigenvalue weighted by molar-refractivity contribution is -0.903. The summed E-state index contributed by atoms with van der Waals surface area (Å²) in [5, 5.41) is 17.6. The third kappa shape index (κ3) is 16.4. The highest BCUT2D eigenvalue weighted by Crippen LogP contribution is 2.22. The number of benzene rings is 3. The summed E-state index contributed by atoms with van der Waals surface area (Å²) in [6.45, 7) is 4.75. The van der Waals surface area contributed by atoms with E-state index in [1.165, 1.54) is 151 Å². The number of hydrogen-bond acceptors (Lipinski definition) is 3. The van der Waals surface area contributed by atoms with Crippen LogP contribution in [0.15, 0.2) is 88.7 Å². The molecule has 46 heavy (non-hydrogen) atoms. The number of quaternary nitrogens is 1. The zero-order chi connectivity index (χ0) is 33.6. The Morgan fingerprint density at radius 1 is 0.587 bits per heavy atom. The highest BCUT2D eigenvalue weighted by molar-refractivity contribution is 7.91. The van der Waals surface area contributed by atoms with E-state index >= 15 is 0 Å². The molecule has 0 fully saturated rings. The molecule has 0 atom stereocenters. The molecular weight excluding hydrogens is 594 g/mol. The number of aromatic carboxylic acids is 2. The molecule has 2 N–H and O–H groups in total. The van der Waals surface area contributed by atoms with Gasteiger partial charge in [-0.2, -0.15) is 0 Å². The van der Waals surface area contributed by atoms with E-state index in [2.05, 4.69) is 51.4 Å². The van der Waals surface area contributed by atoms with Crippen molar-refractivity contribution in [2.45, 2.75) is 113 Å². The minimum Gasteiger partial charge on any atom is -0.606 e. The molecule has 3 rings (SSSR count). The molecule has 0 bridgehead atoms. The monoisotopic (exact) mass is 650 g/mol. The van der Waals surface area contributed by atoms with Gasteiger partial charge in [-0.05, 0) is 61.4 Å². The maximum atomic E-state index is 12.2. The minimum atomic E-state index is -1.48. The van der Waals surface area contributed by atoms with Crippen LogP contribution in [0.25, 0.3) is 0 Å². The number of hydrogen-bond donors (Lipinski definition) is 2. The van der Waals surface area contributed by atoms with Gasteiger partial charge < -0.3 is 19.2 Å². The topological polar surface area (TPSA) is 97.7 Å². The summed E-state index contributed by atoms with van der Waals surface area (Å²) in [5.74, 6) is -2.10. The van der Waals surface area contributed by atoms with E-state index in [0.29, 0.717) is 9.79 Å². The maximum absolute atomic E-state index is 12.2. The first-order chi connectivity index (χ1) is 22.1. The van der Waals surface area contributed by atoms with E-state index in [-0.39, 0.29) is 11.1 Å². The van der Waals surface area contributed by atoms with Gasteiger partial charge in [0.1, 0.15) is 6.54 Å². The van der Waals surface area contributed by atoms with Gasteiger partial charge in [-0.3, -0.25) is 0 Å². The van der Waals surface area contributed by atoms with E-state index in [4.69, 9.17) is 10.2 Å². The van der Waals surface area contributed by atoms with Crippen LogP contribution in [0.3, 0.4) is 0 Å². The van der Waals surface area contributed by atoms with Crippen LogP contribution in [0.4, 0.5) is 0 Å². The van der Waals surface area contributed by atoms with Crippen molar-refractivity contribution in [2.24, 2.45) is 0 Å². The van der Waals surface area contributed by atoms with E-state index in [9.17, 15) is 14.1 Å². The summed E-state index contributed by atoms with van der Waals surface area (Å²) in [4.78, 5) is 22.4. The van der Waals surface area contributed by atoms with Crippen LogP contribution < -0.4 is 0 Å². The standard InChI is InChI=1S/C25H46N.C14H10O5S/c1-4-5-6-7-8-9-10-11-12-13-14-15-16-20-23-26(2,3)24-25-21-18-17-19-22-25;15-13(16)9-1-5-11(6-2-9)20(19)12-7-3-10(4-8-12)14(17)18/h17-19,21-22H,4-16,20,23-24H2,1-3H3;1-8H,(H,15,16)(H,17,18)/q+1;. The fourth-order valence-corrected chi connectivity index (χ4v) is 6.51. The Morgan fingerprint density at radius 3 is 1.33 bits per heavy atom. The first kappa shape index (κ1) is 39.1. The van der Waals surface area contributed by atoms with Gasteiger partial charge in [-0.15, -0.1) is 0 Å². The van der Waals surface area contributed by atoms with Crippen molar-refractivity contribution < 1.29 is 28.8 Å². The molecule has 0 unspecified atom stereocenters. The summed E-state index contributed by atoms with van der Waals surface area (Å²) >= 11 is -1.48. The summed E-state index contributed by atoms with van der Waals surface area (Å²) in [7, 11) is 4.74. The van der Waals surface area contributed by atoms with Crippen LogP contribution in [-0.2, 0) is 17.7 Å². The van der Waals surface area contributed by atoms with Crippen molar-refractivity contribution in [3.05, 3.63) is 95.6 Å². The second-order valence-electron chi connectivity index (χ2n) is 12.8. The van der Waals surface area contributed by atoms with Gasteiger partial charge in [0.05, 0.1) is 31.8 Å². The van der Waals surface area contributed by atoms with Gasteiger partial charge in [0.25, 0.3) is 0 Å². The van der Waals surface area contributed by atoms with E-state index in [1.54, 1.807) is 0 Å². The number of rotatable bonds is 21. The molecular formula is C39H56NO5S+. The summed E-state index contributed by atoms with van der Waals surface area (Å²) in [6.07, 6.45) is 20.2. The molecule has 0 radical (unpaired) electrons. The van der Waals surface area contributed by atoms with Gasteiger partial charge in [0, 0.05) is 16.7 Å². The predicted molar refractivity (Wildman–Crippen MR) is 189 cm³/mol. The fourth-order valence-electron chi connectivity index (χ4n) is 5.47. The smallest absolute Gasteiger partial charge is 0.335 e. The zero-order valence-electron chi connectivity index (χ0n) is 28.3. The van der Waals surface area contributed by atoms with Crippen LogP contribution in [0.2, 0.25) is 0 Å². The van der Waals surface area contributed by atoms with Crippen molar-refractivity contribution in [2.75, 3.05) is 20.6 Å². The summed E-state index contributed by atoms with van der Waals surface area (Å²) in [6, 6.07) is 22.3. The number of carboxylic acids is 2. The average Bonchev–Trinajstić information content (AvgIpc) is 3.05. The Labute approximate surface area is 280 Å². The Kier molecular flexibility index (Phi) is 19.0. The number of carbonyl (C=O) groups is 2. The first-order valence-corrected chi connectivity index (χ1v) is 18.2. The second-order valence-corrected chi connectivity index (χ2v) is 14.3. The van der Waals surface area contributed by atoms with Crippen molar-refractivity contribution >= 4 is 23.1 Å². The molecule has 0 heterocycles.